The van der Waals surface area contributed by atoms with Crippen LogP contribution < -0.4 is 5.32 Å². The van der Waals surface area contributed by atoms with E-state index in [2.05, 4.69) is 60.8 Å². The molecule has 41 heavy (non-hydrogen) atoms. The molecule has 2 amide bonds. The maximum atomic E-state index is 14.5. The Morgan fingerprint density at radius 3 is 1.83 bits per heavy atom. The summed E-state index contributed by atoms with van der Waals surface area (Å²) in [5, 5.41) is 3.31. The van der Waals surface area contributed by atoms with Gasteiger partial charge in [0.1, 0.15) is 6.04 Å². The van der Waals surface area contributed by atoms with E-state index in [1.807, 2.05) is 71.6 Å². The van der Waals surface area contributed by atoms with Crippen molar-refractivity contribution < 1.29 is 9.59 Å². The molecule has 0 heterocycles. The third kappa shape index (κ3) is 7.73. The number of aryl methyl sites for hydroxylation is 1. The van der Waals surface area contributed by atoms with Crippen LogP contribution in [0.5, 0.6) is 0 Å². The van der Waals surface area contributed by atoms with Crippen LogP contribution in [0.3, 0.4) is 0 Å². The van der Waals surface area contributed by atoms with Crippen molar-refractivity contribution in [2.45, 2.75) is 70.0 Å². The minimum atomic E-state index is -0.612. The molecule has 4 nitrogen and oxygen atoms in total. The highest BCUT2D eigenvalue weighted by Gasteiger charge is 2.33. The second-order valence-corrected chi connectivity index (χ2v) is 11.3. The van der Waals surface area contributed by atoms with Gasteiger partial charge < -0.3 is 10.2 Å². The first kappa shape index (κ1) is 28.4. The lowest BCUT2D eigenvalue weighted by Crippen LogP contribution is -2.52. The summed E-state index contributed by atoms with van der Waals surface area (Å²) in [4.78, 5) is 30.3. The molecule has 4 aromatic rings. The molecule has 0 aliphatic heterocycles. The number of hydrogen-bond donors (Lipinski definition) is 1. The Morgan fingerprint density at radius 1 is 0.732 bits per heavy atom. The van der Waals surface area contributed by atoms with Crippen molar-refractivity contribution in [1.29, 1.82) is 0 Å². The SMILES string of the molecule is Cc1ccc(CN(C(=O)CC(c2ccccc2)c2ccccc2)[C@@H](Cc2ccccc2)C(=O)NC2CCCC2)cc1. The van der Waals surface area contributed by atoms with Crippen LogP contribution in [0.25, 0.3) is 0 Å². The van der Waals surface area contributed by atoms with Crippen LogP contribution in [0.2, 0.25) is 0 Å². The Morgan fingerprint density at radius 2 is 1.27 bits per heavy atom. The van der Waals surface area contributed by atoms with Crippen LogP contribution in [0.15, 0.2) is 115 Å². The van der Waals surface area contributed by atoms with E-state index in [-0.39, 0.29) is 30.2 Å². The molecule has 0 spiro atoms. The van der Waals surface area contributed by atoms with Crippen molar-refractivity contribution in [3.8, 4) is 0 Å². The Labute approximate surface area is 244 Å². The average molecular weight is 545 g/mol. The second-order valence-electron chi connectivity index (χ2n) is 11.3. The smallest absolute Gasteiger partial charge is 0.243 e. The standard InChI is InChI=1S/C37H40N2O2/c1-28-21-23-30(24-22-28)27-39(35(25-29-13-5-2-6-14-29)37(41)38-33-19-11-12-20-33)36(40)26-34(31-15-7-3-8-16-31)32-17-9-4-10-18-32/h2-10,13-18,21-24,33-35H,11-12,19-20,25-27H2,1H3,(H,38,41)/t35-/m0/s1. The summed E-state index contributed by atoms with van der Waals surface area (Å²) < 4.78 is 0. The first-order valence-electron chi connectivity index (χ1n) is 14.9. The predicted molar refractivity (Wildman–Crippen MR) is 165 cm³/mol. The fourth-order valence-corrected chi connectivity index (χ4v) is 5.90. The highest BCUT2D eigenvalue weighted by atomic mass is 16.2. The Bertz CT molecular complexity index is 1340. The molecule has 4 aromatic carbocycles. The fourth-order valence-electron chi connectivity index (χ4n) is 5.90. The van der Waals surface area contributed by atoms with E-state index in [1.165, 1.54) is 5.56 Å². The van der Waals surface area contributed by atoms with Gasteiger partial charge in [-0.05, 0) is 42.0 Å². The van der Waals surface area contributed by atoms with E-state index in [9.17, 15) is 9.59 Å². The molecule has 210 valence electrons. The van der Waals surface area contributed by atoms with Crippen molar-refractivity contribution in [1.82, 2.24) is 10.2 Å². The molecule has 0 saturated heterocycles. The third-order valence-electron chi connectivity index (χ3n) is 8.23. The summed E-state index contributed by atoms with van der Waals surface area (Å²) in [5.74, 6) is -0.191. The van der Waals surface area contributed by atoms with Gasteiger partial charge in [-0.15, -0.1) is 0 Å². The van der Waals surface area contributed by atoms with E-state index in [0.717, 1.165) is 47.9 Å². The molecule has 0 bridgehead atoms. The van der Waals surface area contributed by atoms with Crippen LogP contribution >= 0.6 is 0 Å². The predicted octanol–water partition coefficient (Wildman–Crippen LogP) is 7.22. The molecule has 1 saturated carbocycles. The molecule has 0 aromatic heterocycles. The van der Waals surface area contributed by atoms with Crippen LogP contribution in [0, 0.1) is 6.92 Å². The van der Waals surface area contributed by atoms with Crippen LogP contribution in [-0.4, -0.2) is 28.8 Å². The van der Waals surface area contributed by atoms with Crippen molar-refractivity contribution in [2.75, 3.05) is 0 Å². The number of benzene rings is 4. The zero-order valence-electron chi connectivity index (χ0n) is 23.9. The highest BCUT2D eigenvalue weighted by molar-refractivity contribution is 5.88. The monoisotopic (exact) mass is 544 g/mol. The fraction of sp³-hybridized carbons (Fsp3) is 0.297. The molecule has 1 N–H and O–H groups in total. The summed E-state index contributed by atoms with van der Waals surface area (Å²) in [6, 6.07) is 38.3. The highest BCUT2D eigenvalue weighted by Crippen LogP contribution is 2.30. The lowest BCUT2D eigenvalue weighted by molar-refractivity contribution is -0.141. The first-order chi connectivity index (χ1) is 20.1. The topological polar surface area (TPSA) is 49.4 Å². The number of amides is 2. The van der Waals surface area contributed by atoms with E-state index in [4.69, 9.17) is 0 Å². The molecular weight excluding hydrogens is 504 g/mol. The molecule has 1 fully saturated rings. The Kier molecular flexibility index (Phi) is 9.64. The Hall–Kier alpha value is -4.18. The minimum absolute atomic E-state index is 0.0224. The Balaban J connectivity index is 1.50. The zero-order valence-corrected chi connectivity index (χ0v) is 23.9. The minimum Gasteiger partial charge on any atom is -0.352 e. The van der Waals surface area contributed by atoms with Crippen molar-refractivity contribution in [2.24, 2.45) is 0 Å². The van der Waals surface area contributed by atoms with E-state index >= 15 is 0 Å². The third-order valence-corrected chi connectivity index (χ3v) is 8.23. The average Bonchev–Trinajstić information content (AvgIpc) is 3.53. The summed E-state index contributed by atoms with van der Waals surface area (Å²) in [6.45, 7) is 2.44. The first-order valence-corrected chi connectivity index (χ1v) is 14.9. The van der Waals surface area contributed by atoms with Gasteiger partial charge in [0, 0.05) is 31.3 Å². The van der Waals surface area contributed by atoms with Crippen LogP contribution in [0.1, 0.15) is 65.8 Å². The summed E-state index contributed by atoms with van der Waals surface area (Å²) in [6.07, 6.45) is 5.02. The van der Waals surface area contributed by atoms with Gasteiger partial charge in [0.25, 0.3) is 0 Å². The maximum Gasteiger partial charge on any atom is 0.243 e. The van der Waals surface area contributed by atoms with Gasteiger partial charge in [-0.25, -0.2) is 0 Å². The number of hydrogen-bond acceptors (Lipinski definition) is 2. The van der Waals surface area contributed by atoms with Gasteiger partial charge in [0.15, 0.2) is 0 Å². The van der Waals surface area contributed by atoms with Crippen molar-refractivity contribution in [3.63, 3.8) is 0 Å². The largest absolute Gasteiger partial charge is 0.352 e. The summed E-state index contributed by atoms with van der Waals surface area (Å²) in [7, 11) is 0. The number of nitrogens with one attached hydrogen (secondary N) is 1. The lowest BCUT2D eigenvalue weighted by Gasteiger charge is -2.33. The second kappa shape index (κ2) is 13.9. The molecule has 0 unspecified atom stereocenters. The number of carbonyl (C=O) groups is 2. The van der Waals surface area contributed by atoms with Gasteiger partial charge in [-0.1, -0.05) is 134 Å². The quantitative estimate of drug-likeness (QED) is 0.217. The van der Waals surface area contributed by atoms with Gasteiger partial charge in [0.05, 0.1) is 0 Å². The summed E-state index contributed by atoms with van der Waals surface area (Å²) in [5.41, 5.74) is 5.42. The van der Waals surface area contributed by atoms with E-state index in [1.54, 1.807) is 0 Å². The number of carbonyl (C=O) groups excluding carboxylic acids is 2. The molecule has 1 atom stereocenters. The normalized spacial score (nSPS) is 14.1. The van der Waals surface area contributed by atoms with Gasteiger partial charge in [0.2, 0.25) is 11.8 Å². The van der Waals surface area contributed by atoms with Gasteiger partial charge in [-0.2, -0.15) is 0 Å². The maximum absolute atomic E-state index is 14.5. The number of nitrogens with zero attached hydrogens (tertiary/aromatic N) is 1. The van der Waals surface area contributed by atoms with Gasteiger partial charge in [-0.3, -0.25) is 9.59 Å². The lowest BCUT2D eigenvalue weighted by atomic mass is 9.87. The van der Waals surface area contributed by atoms with E-state index < -0.39 is 6.04 Å². The molecular formula is C37H40N2O2. The van der Waals surface area contributed by atoms with Crippen LogP contribution in [-0.2, 0) is 22.6 Å². The van der Waals surface area contributed by atoms with Gasteiger partial charge >= 0.3 is 0 Å². The summed E-state index contributed by atoms with van der Waals surface area (Å²) >= 11 is 0. The molecule has 1 aliphatic rings. The molecule has 4 heteroatoms. The molecule has 0 radical (unpaired) electrons. The zero-order chi connectivity index (χ0) is 28.4. The molecule has 5 rings (SSSR count). The van der Waals surface area contributed by atoms with Crippen molar-refractivity contribution in [3.05, 3.63) is 143 Å². The molecule has 1 aliphatic carbocycles. The number of rotatable bonds is 11. The van der Waals surface area contributed by atoms with Crippen LogP contribution in [0.4, 0.5) is 0 Å². The van der Waals surface area contributed by atoms with E-state index in [0.29, 0.717) is 13.0 Å². The van der Waals surface area contributed by atoms with Crippen molar-refractivity contribution >= 4 is 11.8 Å².